The molecule has 0 fully saturated rings. The number of hydrogen-bond acceptors (Lipinski definition) is 5. The first-order valence-electron chi connectivity index (χ1n) is 11.0. The van der Waals surface area contributed by atoms with Gasteiger partial charge in [-0.2, -0.15) is 0 Å². The molecule has 0 spiro atoms. The molecule has 1 amide bonds. The second-order valence-electron chi connectivity index (χ2n) is 8.08. The zero-order chi connectivity index (χ0) is 24.6. The fourth-order valence-electron chi connectivity index (χ4n) is 3.52. The van der Waals surface area contributed by atoms with E-state index >= 15 is 0 Å². The quantitative estimate of drug-likeness (QED) is 0.396. The van der Waals surface area contributed by atoms with Gasteiger partial charge in [-0.05, 0) is 66.8 Å². The van der Waals surface area contributed by atoms with Gasteiger partial charge < -0.3 is 14.8 Å². The zero-order valence-electron chi connectivity index (χ0n) is 19.6. The summed E-state index contributed by atoms with van der Waals surface area (Å²) in [4.78, 5) is 12.5. The van der Waals surface area contributed by atoms with E-state index in [1.807, 2.05) is 25.1 Å². The third-order valence-corrected chi connectivity index (χ3v) is 6.78. The predicted molar refractivity (Wildman–Crippen MR) is 134 cm³/mol. The lowest BCUT2D eigenvalue weighted by Gasteiger charge is -2.15. The third-order valence-electron chi connectivity index (χ3n) is 5.38. The molecule has 7 nitrogen and oxygen atoms in total. The summed E-state index contributed by atoms with van der Waals surface area (Å²) in [6.45, 7) is 2.03. The SMILES string of the molecule is COc1ccc(NS(=O)(=O)c2cc(NC(=O)CC(C)CCc3ccccc3)ccc2OC)cc1. The normalized spacial score (nSPS) is 12.0. The smallest absolute Gasteiger partial charge is 0.265 e. The number of carbonyl (C=O) groups excluding carboxylic acids is 1. The minimum Gasteiger partial charge on any atom is -0.497 e. The van der Waals surface area contributed by atoms with Crippen LogP contribution in [0.2, 0.25) is 0 Å². The molecule has 0 radical (unpaired) electrons. The van der Waals surface area contributed by atoms with Crippen molar-refractivity contribution in [3.8, 4) is 11.5 Å². The summed E-state index contributed by atoms with van der Waals surface area (Å²) in [7, 11) is -1.03. The molecule has 0 aliphatic heterocycles. The van der Waals surface area contributed by atoms with Crippen LogP contribution in [-0.2, 0) is 21.2 Å². The number of methoxy groups -OCH3 is 2. The highest BCUT2D eigenvalue weighted by molar-refractivity contribution is 7.92. The number of rotatable bonds is 11. The number of carbonyl (C=O) groups is 1. The van der Waals surface area contributed by atoms with E-state index in [0.717, 1.165) is 12.8 Å². The molecule has 8 heteroatoms. The molecule has 1 atom stereocenters. The molecule has 0 aliphatic carbocycles. The second kappa shape index (κ2) is 11.6. The van der Waals surface area contributed by atoms with Gasteiger partial charge in [-0.3, -0.25) is 9.52 Å². The number of ether oxygens (including phenoxy) is 2. The maximum absolute atomic E-state index is 13.0. The molecule has 0 aromatic heterocycles. The van der Waals surface area contributed by atoms with E-state index < -0.39 is 10.0 Å². The highest BCUT2D eigenvalue weighted by Crippen LogP contribution is 2.29. The number of sulfonamides is 1. The van der Waals surface area contributed by atoms with Crippen molar-refractivity contribution in [1.29, 1.82) is 0 Å². The van der Waals surface area contributed by atoms with Gasteiger partial charge in [0.05, 0.1) is 14.2 Å². The van der Waals surface area contributed by atoms with E-state index in [9.17, 15) is 13.2 Å². The van der Waals surface area contributed by atoms with Gasteiger partial charge in [0, 0.05) is 17.8 Å². The Bertz CT molecular complexity index is 1200. The Morgan fingerprint density at radius 2 is 1.59 bits per heavy atom. The maximum Gasteiger partial charge on any atom is 0.265 e. The van der Waals surface area contributed by atoms with Crippen molar-refractivity contribution in [2.24, 2.45) is 5.92 Å². The minimum absolute atomic E-state index is 0.0688. The van der Waals surface area contributed by atoms with Crippen LogP contribution in [0, 0.1) is 5.92 Å². The molecule has 34 heavy (non-hydrogen) atoms. The van der Waals surface area contributed by atoms with Crippen LogP contribution < -0.4 is 19.5 Å². The molecule has 0 saturated heterocycles. The van der Waals surface area contributed by atoms with E-state index in [4.69, 9.17) is 9.47 Å². The van der Waals surface area contributed by atoms with Gasteiger partial charge in [-0.25, -0.2) is 8.42 Å². The van der Waals surface area contributed by atoms with Crippen LogP contribution in [0.5, 0.6) is 11.5 Å². The summed E-state index contributed by atoms with van der Waals surface area (Å²) in [5, 5.41) is 2.81. The molecule has 0 aliphatic rings. The van der Waals surface area contributed by atoms with E-state index in [0.29, 0.717) is 23.5 Å². The van der Waals surface area contributed by atoms with E-state index in [1.165, 1.54) is 31.9 Å². The van der Waals surface area contributed by atoms with Gasteiger partial charge >= 0.3 is 0 Å². The van der Waals surface area contributed by atoms with Gasteiger partial charge in [0.2, 0.25) is 5.91 Å². The lowest BCUT2D eigenvalue weighted by atomic mass is 9.98. The van der Waals surface area contributed by atoms with E-state index in [2.05, 4.69) is 22.2 Å². The first-order chi connectivity index (χ1) is 16.3. The topological polar surface area (TPSA) is 93.7 Å². The summed E-state index contributed by atoms with van der Waals surface area (Å²) in [5.74, 6) is 0.800. The molecule has 0 bridgehead atoms. The summed E-state index contributed by atoms with van der Waals surface area (Å²) in [6.07, 6.45) is 2.12. The van der Waals surface area contributed by atoms with Gasteiger partial charge in [-0.1, -0.05) is 37.3 Å². The first-order valence-corrected chi connectivity index (χ1v) is 12.5. The number of amides is 1. The average molecular weight is 483 g/mol. The molecule has 3 rings (SSSR count). The van der Waals surface area contributed by atoms with Crippen molar-refractivity contribution >= 4 is 27.3 Å². The van der Waals surface area contributed by atoms with Crippen molar-refractivity contribution in [3.05, 3.63) is 78.4 Å². The van der Waals surface area contributed by atoms with Crippen LogP contribution in [0.1, 0.15) is 25.3 Å². The standard InChI is InChI=1S/C26H30N2O5S/c1-19(9-10-20-7-5-4-6-8-20)17-26(29)27-22-13-16-24(33-3)25(18-22)34(30,31)28-21-11-14-23(32-2)15-12-21/h4-8,11-16,18-19,28H,9-10,17H2,1-3H3,(H,27,29). The molecule has 180 valence electrons. The van der Waals surface area contributed by atoms with Crippen LogP contribution in [0.3, 0.4) is 0 Å². The lowest BCUT2D eigenvalue weighted by Crippen LogP contribution is -2.17. The molecular formula is C26H30N2O5S. The van der Waals surface area contributed by atoms with Crippen molar-refractivity contribution in [2.75, 3.05) is 24.3 Å². The van der Waals surface area contributed by atoms with Crippen molar-refractivity contribution in [1.82, 2.24) is 0 Å². The minimum atomic E-state index is -3.96. The van der Waals surface area contributed by atoms with Crippen LogP contribution in [0.25, 0.3) is 0 Å². The summed E-state index contributed by atoms with van der Waals surface area (Å²) >= 11 is 0. The van der Waals surface area contributed by atoms with Crippen molar-refractivity contribution < 1.29 is 22.7 Å². The first kappa shape index (κ1) is 25.1. The fourth-order valence-corrected chi connectivity index (χ4v) is 4.78. The number of nitrogens with one attached hydrogen (secondary N) is 2. The van der Waals surface area contributed by atoms with E-state index in [1.54, 1.807) is 30.3 Å². The van der Waals surface area contributed by atoms with Crippen molar-refractivity contribution in [3.63, 3.8) is 0 Å². The monoisotopic (exact) mass is 482 g/mol. The molecule has 2 N–H and O–H groups in total. The Morgan fingerprint density at radius 3 is 2.24 bits per heavy atom. The maximum atomic E-state index is 13.0. The molecule has 3 aromatic carbocycles. The Hall–Kier alpha value is -3.52. The lowest BCUT2D eigenvalue weighted by molar-refractivity contribution is -0.117. The summed E-state index contributed by atoms with van der Waals surface area (Å²) < 4.78 is 39.0. The highest BCUT2D eigenvalue weighted by Gasteiger charge is 2.21. The van der Waals surface area contributed by atoms with Crippen molar-refractivity contribution in [2.45, 2.75) is 31.1 Å². The Morgan fingerprint density at radius 1 is 0.912 bits per heavy atom. The van der Waals surface area contributed by atoms with Crippen LogP contribution in [0.4, 0.5) is 11.4 Å². The molecular weight excluding hydrogens is 452 g/mol. The highest BCUT2D eigenvalue weighted by atomic mass is 32.2. The average Bonchev–Trinajstić information content (AvgIpc) is 2.83. The Balaban J connectivity index is 1.66. The van der Waals surface area contributed by atoms with Gasteiger partial charge in [0.1, 0.15) is 16.4 Å². The fraction of sp³-hybridized carbons (Fsp3) is 0.269. The largest absolute Gasteiger partial charge is 0.497 e. The third kappa shape index (κ3) is 6.99. The number of anilines is 2. The molecule has 0 saturated carbocycles. The van der Waals surface area contributed by atoms with E-state index in [-0.39, 0.29) is 22.5 Å². The van der Waals surface area contributed by atoms with Crippen LogP contribution in [0.15, 0.2) is 77.7 Å². The summed E-state index contributed by atoms with van der Waals surface area (Å²) in [6, 6.07) is 21.2. The van der Waals surface area contributed by atoms with Crippen LogP contribution >= 0.6 is 0 Å². The van der Waals surface area contributed by atoms with Gasteiger partial charge in [0.25, 0.3) is 10.0 Å². The predicted octanol–water partition coefficient (Wildman–Crippen LogP) is 5.10. The number of benzene rings is 3. The molecule has 3 aromatic rings. The number of hydrogen-bond donors (Lipinski definition) is 2. The van der Waals surface area contributed by atoms with Gasteiger partial charge in [0.15, 0.2) is 0 Å². The molecule has 0 heterocycles. The Labute approximate surface area is 201 Å². The number of aryl methyl sites for hydroxylation is 1. The summed E-state index contributed by atoms with van der Waals surface area (Å²) in [5.41, 5.74) is 2.00. The second-order valence-corrected chi connectivity index (χ2v) is 9.73. The molecule has 1 unspecified atom stereocenters. The Kier molecular flexibility index (Phi) is 8.54. The zero-order valence-corrected chi connectivity index (χ0v) is 20.4. The van der Waals surface area contributed by atoms with Crippen LogP contribution in [-0.4, -0.2) is 28.5 Å². The van der Waals surface area contributed by atoms with Gasteiger partial charge in [-0.15, -0.1) is 0 Å².